The number of hydrogen-bond donors (Lipinski definition) is 0. The fourth-order valence-electron chi connectivity index (χ4n) is 2.69. The molecule has 0 N–H and O–H groups in total. The molecule has 2 fully saturated rings. The van der Waals surface area contributed by atoms with Gasteiger partial charge in [0, 0.05) is 4.47 Å². The van der Waals surface area contributed by atoms with E-state index in [9.17, 15) is 0 Å². The molecule has 0 unspecified atom stereocenters. The molecule has 4 atom stereocenters. The number of benzene rings is 1. The third kappa shape index (κ3) is 3.07. The Labute approximate surface area is 133 Å². The highest BCUT2D eigenvalue weighted by molar-refractivity contribution is 9.10. The first-order valence-corrected chi connectivity index (χ1v) is 7.78. The minimum Gasteiger partial charge on any atom is -0.368 e. The van der Waals surface area contributed by atoms with Crippen LogP contribution in [0.5, 0.6) is 0 Å². The quantitative estimate of drug-likeness (QED) is 0.776. The average molecular weight is 355 g/mol. The lowest BCUT2D eigenvalue weighted by molar-refractivity contribution is -0.213. The van der Waals surface area contributed by atoms with Gasteiger partial charge in [0.05, 0.1) is 6.61 Å². The maximum Gasteiger partial charge on any atom is 0.190 e. The highest BCUT2D eigenvalue weighted by Gasteiger charge is 2.54. The van der Waals surface area contributed by atoms with Crippen molar-refractivity contribution in [2.45, 2.75) is 50.8 Å². The van der Waals surface area contributed by atoms with E-state index in [1.807, 2.05) is 38.1 Å². The summed E-state index contributed by atoms with van der Waals surface area (Å²) >= 11 is 3.53. The summed E-state index contributed by atoms with van der Waals surface area (Å²) in [5, 5.41) is 0. The molecule has 0 spiro atoms. The molecule has 0 amide bonds. The SMILES string of the molecule is C=C[C@H]1O[C@@H]2OC(C)(C)O[C@@H]2[C@@H]1OCc1ccccc1Br. The van der Waals surface area contributed by atoms with Crippen molar-refractivity contribution in [2.24, 2.45) is 0 Å². The Hall–Kier alpha value is -0.720. The molecule has 21 heavy (non-hydrogen) atoms. The Morgan fingerprint density at radius 2 is 2.10 bits per heavy atom. The van der Waals surface area contributed by atoms with Gasteiger partial charge in [0.15, 0.2) is 12.1 Å². The van der Waals surface area contributed by atoms with Gasteiger partial charge in [-0.1, -0.05) is 40.2 Å². The minimum absolute atomic E-state index is 0.221. The third-order valence-electron chi connectivity index (χ3n) is 3.65. The van der Waals surface area contributed by atoms with Gasteiger partial charge in [-0.3, -0.25) is 0 Å². The predicted octanol–water partition coefficient (Wildman–Crippen LogP) is 3.40. The first-order valence-electron chi connectivity index (χ1n) is 6.99. The van der Waals surface area contributed by atoms with Crippen molar-refractivity contribution in [1.29, 1.82) is 0 Å². The molecule has 2 aliphatic heterocycles. The van der Waals surface area contributed by atoms with Gasteiger partial charge in [0.1, 0.15) is 18.3 Å². The number of hydrogen-bond acceptors (Lipinski definition) is 4. The Bertz CT molecular complexity index is 531. The molecule has 0 aliphatic carbocycles. The number of halogens is 1. The lowest BCUT2D eigenvalue weighted by Gasteiger charge is -2.24. The Balaban J connectivity index is 1.71. The molecular weight excluding hydrogens is 336 g/mol. The van der Waals surface area contributed by atoms with Gasteiger partial charge < -0.3 is 18.9 Å². The van der Waals surface area contributed by atoms with Crippen LogP contribution >= 0.6 is 15.9 Å². The summed E-state index contributed by atoms with van der Waals surface area (Å²) in [5.74, 6) is -0.642. The third-order valence-corrected chi connectivity index (χ3v) is 4.42. The van der Waals surface area contributed by atoms with Crippen molar-refractivity contribution in [2.75, 3.05) is 0 Å². The van der Waals surface area contributed by atoms with Crippen molar-refractivity contribution >= 4 is 15.9 Å². The van der Waals surface area contributed by atoms with Crippen molar-refractivity contribution in [3.8, 4) is 0 Å². The molecule has 5 heteroatoms. The molecule has 3 rings (SSSR count). The molecule has 0 bridgehead atoms. The summed E-state index contributed by atoms with van der Waals surface area (Å²) in [6, 6.07) is 7.98. The first kappa shape index (κ1) is 15.2. The average Bonchev–Trinajstić information content (AvgIpc) is 2.89. The van der Waals surface area contributed by atoms with Gasteiger partial charge in [-0.05, 0) is 25.5 Å². The summed E-state index contributed by atoms with van der Waals surface area (Å²) in [4.78, 5) is 0. The topological polar surface area (TPSA) is 36.9 Å². The van der Waals surface area contributed by atoms with Crippen LogP contribution < -0.4 is 0 Å². The van der Waals surface area contributed by atoms with Crippen LogP contribution in [-0.4, -0.2) is 30.4 Å². The van der Waals surface area contributed by atoms with Crippen LogP contribution in [-0.2, 0) is 25.6 Å². The van der Waals surface area contributed by atoms with Crippen molar-refractivity contribution < 1.29 is 18.9 Å². The van der Waals surface area contributed by atoms with Crippen LogP contribution in [0.3, 0.4) is 0 Å². The summed E-state index contributed by atoms with van der Waals surface area (Å²) in [6.45, 7) is 8.04. The van der Waals surface area contributed by atoms with Crippen LogP contribution in [0.4, 0.5) is 0 Å². The number of rotatable bonds is 4. The van der Waals surface area contributed by atoms with Crippen LogP contribution in [0.15, 0.2) is 41.4 Å². The normalized spacial score (nSPS) is 33.9. The summed E-state index contributed by atoms with van der Waals surface area (Å²) in [5.41, 5.74) is 1.09. The Kier molecular flexibility index (Phi) is 4.21. The van der Waals surface area contributed by atoms with E-state index in [0.29, 0.717) is 6.61 Å². The van der Waals surface area contributed by atoms with Gasteiger partial charge in [-0.25, -0.2) is 0 Å². The molecule has 2 heterocycles. The van der Waals surface area contributed by atoms with E-state index in [1.165, 1.54) is 0 Å². The zero-order chi connectivity index (χ0) is 15.0. The van der Waals surface area contributed by atoms with Crippen LogP contribution in [0.25, 0.3) is 0 Å². The standard InChI is InChI=1S/C16H19BrO4/c1-4-12-13(14-15(19-12)21-16(2,3)20-14)18-9-10-7-5-6-8-11(10)17/h4-8,12-15H,1,9H2,2-3H3/t12-,13-,14-,15-/m1/s1. The van der Waals surface area contributed by atoms with E-state index in [4.69, 9.17) is 18.9 Å². The molecule has 114 valence electrons. The molecule has 2 aliphatic rings. The van der Waals surface area contributed by atoms with E-state index < -0.39 is 12.1 Å². The summed E-state index contributed by atoms with van der Waals surface area (Å²) in [6.07, 6.45) is 0.667. The molecular formula is C16H19BrO4. The molecule has 0 aromatic heterocycles. The smallest absolute Gasteiger partial charge is 0.190 e. The fourth-order valence-corrected chi connectivity index (χ4v) is 3.08. The second kappa shape index (κ2) is 5.82. The van der Waals surface area contributed by atoms with E-state index >= 15 is 0 Å². The van der Waals surface area contributed by atoms with Crippen LogP contribution in [0.1, 0.15) is 19.4 Å². The van der Waals surface area contributed by atoms with Gasteiger partial charge in [-0.15, -0.1) is 6.58 Å². The summed E-state index contributed by atoms with van der Waals surface area (Å²) < 4.78 is 24.5. The monoisotopic (exact) mass is 354 g/mol. The van der Waals surface area contributed by atoms with Crippen molar-refractivity contribution in [3.05, 3.63) is 47.0 Å². The van der Waals surface area contributed by atoms with Crippen LogP contribution in [0, 0.1) is 0 Å². The molecule has 4 nitrogen and oxygen atoms in total. The molecule has 1 aromatic carbocycles. The number of fused-ring (bicyclic) bond motifs is 1. The second-order valence-electron chi connectivity index (χ2n) is 5.67. The molecule has 2 saturated heterocycles. The van der Waals surface area contributed by atoms with Crippen LogP contribution in [0.2, 0.25) is 0 Å². The zero-order valence-corrected chi connectivity index (χ0v) is 13.7. The van der Waals surface area contributed by atoms with E-state index in [1.54, 1.807) is 6.08 Å². The highest BCUT2D eigenvalue weighted by atomic mass is 79.9. The Morgan fingerprint density at radius 3 is 2.81 bits per heavy atom. The van der Waals surface area contributed by atoms with E-state index in [0.717, 1.165) is 10.0 Å². The largest absolute Gasteiger partial charge is 0.368 e. The maximum atomic E-state index is 6.05. The first-order chi connectivity index (χ1) is 10.00. The molecule has 0 saturated carbocycles. The number of ether oxygens (including phenoxy) is 4. The maximum absolute atomic E-state index is 6.05. The second-order valence-corrected chi connectivity index (χ2v) is 6.53. The molecule has 1 aromatic rings. The zero-order valence-electron chi connectivity index (χ0n) is 12.1. The summed E-state index contributed by atoms with van der Waals surface area (Å²) in [7, 11) is 0. The van der Waals surface area contributed by atoms with Gasteiger partial charge in [0.2, 0.25) is 0 Å². The van der Waals surface area contributed by atoms with Crippen molar-refractivity contribution in [1.82, 2.24) is 0 Å². The van der Waals surface area contributed by atoms with E-state index in [2.05, 4.69) is 22.5 Å². The lowest BCUT2D eigenvalue weighted by atomic mass is 10.1. The fraction of sp³-hybridized carbons (Fsp3) is 0.500. The lowest BCUT2D eigenvalue weighted by Crippen LogP contribution is -2.36. The van der Waals surface area contributed by atoms with Crippen molar-refractivity contribution in [3.63, 3.8) is 0 Å². The van der Waals surface area contributed by atoms with Gasteiger partial charge in [0.25, 0.3) is 0 Å². The van der Waals surface area contributed by atoms with Gasteiger partial charge >= 0.3 is 0 Å². The minimum atomic E-state index is -0.642. The predicted molar refractivity (Wildman–Crippen MR) is 81.6 cm³/mol. The highest BCUT2D eigenvalue weighted by Crippen LogP contribution is 2.39. The van der Waals surface area contributed by atoms with Gasteiger partial charge in [-0.2, -0.15) is 0 Å². The van der Waals surface area contributed by atoms with E-state index in [-0.39, 0.29) is 18.3 Å². The molecule has 0 radical (unpaired) electrons. The Morgan fingerprint density at radius 1 is 1.33 bits per heavy atom.